The van der Waals surface area contributed by atoms with Crippen LogP contribution in [0.1, 0.15) is 44.1 Å². The molecule has 0 aromatic carbocycles. The van der Waals surface area contributed by atoms with Crippen LogP contribution in [0, 0.1) is 5.92 Å². The summed E-state index contributed by atoms with van der Waals surface area (Å²) in [6, 6.07) is 4.86. The number of likely N-dealkylation sites (N-methyl/N-ethyl adjacent to an activating group) is 1. The highest BCUT2D eigenvalue weighted by Crippen LogP contribution is 2.41. The Morgan fingerprint density at radius 3 is 2.71 bits per heavy atom. The highest BCUT2D eigenvalue weighted by atomic mass is 16.5. The van der Waals surface area contributed by atoms with Gasteiger partial charge in [-0.15, -0.1) is 0 Å². The average molecular weight is 329 g/mol. The van der Waals surface area contributed by atoms with Gasteiger partial charge in [-0.25, -0.2) is 0 Å². The number of ether oxygens (including phenoxy) is 1. The fourth-order valence-electron chi connectivity index (χ4n) is 4.52. The third-order valence-electron chi connectivity index (χ3n) is 6.52. The molecule has 2 aliphatic heterocycles. The molecule has 4 nitrogen and oxygen atoms in total. The molecule has 1 spiro atoms. The standard InChI is InChI=1S/C20H31N3O/c1-22-19(16-24-15-17-4-5-17)6-7-20(22)8-11-23(12-9-20)14-18-3-2-10-21-13-18/h2-3,10,13,17,19H,4-9,11-12,14-16H2,1H3. The van der Waals surface area contributed by atoms with Crippen molar-refractivity contribution in [2.75, 3.05) is 33.4 Å². The van der Waals surface area contributed by atoms with Gasteiger partial charge in [-0.05, 0) is 63.1 Å². The molecule has 132 valence electrons. The van der Waals surface area contributed by atoms with E-state index >= 15 is 0 Å². The van der Waals surface area contributed by atoms with Crippen LogP contribution in [0.3, 0.4) is 0 Å². The van der Waals surface area contributed by atoms with Crippen LogP contribution in [0.25, 0.3) is 0 Å². The number of piperidine rings is 1. The van der Waals surface area contributed by atoms with Crippen LogP contribution in [0.4, 0.5) is 0 Å². The molecular weight excluding hydrogens is 298 g/mol. The van der Waals surface area contributed by atoms with Gasteiger partial charge in [0.1, 0.15) is 0 Å². The molecular formula is C20H31N3O. The monoisotopic (exact) mass is 329 g/mol. The maximum Gasteiger partial charge on any atom is 0.0622 e. The van der Waals surface area contributed by atoms with Crippen molar-refractivity contribution in [2.24, 2.45) is 5.92 Å². The van der Waals surface area contributed by atoms with Gasteiger partial charge in [-0.2, -0.15) is 0 Å². The van der Waals surface area contributed by atoms with Crippen molar-refractivity contribution in [3.8, 4) is 0 Å². The summed E-state index contributed by atoms with van der Waals surface area (Å²) in [6.07, 6.45) is 11.9. The molecule has 0 amide bonds. The predicted octanol–water partition coefficient (Wildman–Crippen LogP) is 2.94. The summed E-state index contributed by atoms with van der Waals surface area (Å²) in [6.45, 7) is 5.38. The zero-order valence-corrected chi connectivity index (χ0v) is 15.0. The normalized spacial score (nSPS) is 27.8. The highest BCUT2D eigenvalue weighted by molar-refractivity contribution is 5.09. The van der Waals surface area contributed by atoms with Gasteiger partial charge in [0.2, 0.25) is 0 Å². The smallest absolute Gasteiger partial charge is 0.0622 e. The molecule has 0 N–H and O–H groups in total. The molecule has 1 aliphatic carbocycles. The van der Waals surface area contributed by atoms with Gasteiger partial charge in [-0.1, -0.05) is 6.07 Å². The van der Waals surface area contributed by atoms with Crippen molar-refractivity contribution in [1.29, 1.82) is 0 Å². The zero-order valence-electron chi connectivity index (χ0n) is 15.0. The fourth-order valence-corrected chi connectivity index (χ4v) is 4.52. The minimum absolute atomic E-state index is 0.430. The third-order valence-corrected chi connectivity index (χ3v) is 6.52. The number of rotatable bonds is 6. The summed E-state index contributed by atoms with van der Waals surface area (Å²) in [5.74, 6) is 0.876. The van der Waals surface area contributed by atoms with E-state index in [1.165, 1.54) is 57.2 Å². The SMILES string of the molecule is CN1C(COCC2CC2)CCC12CCN(Cc1cccnc1)CC2. The predicted molar refractivity (Wildman–Crippen MR) is 95.8 cm³/mol. The molecule has 1 aromatic rings. The molecule has 1 aromatic heterocycles. The number of likely N-dealkylation sites (tertiary alicyclic amines) is 2. The Hall–Kier alpha value is -0.970. The van der Waals surface area contributed by atoms with Crippen molar-refractivity contribution in [1.82, 2.24) is 14.8 Å². The fraction of sp³-hybridized carbons (Fsp3) is 0.750. The third kappa shape index (κ3) is 3.66. The molecule has 3 aliphatic rings. The van der Waals surface area contributed by atoms with E-state index in [4.69, 9.17) is 4.74 Å². The van der Waals surface area contributed by atoms with E-state index in [1.54, 1.807) is 0 Å². The Labute approximate surface area is 146 Å². The Kier molecular flexibility index (Phi) is 4.88. The van der Waals surface area contributed by atoms with Crippen LogP contribution in [0.2, 0.25) is 0 Å². The second-order valence-electron chi connectivity index (χ2n) is 8.15. The van der Waals surface area contributed by atoms with Crippen molar-refractivity contribution < 1.29 is 4.74 Å². The first kappa shape index (κ1) is 16.5. The summed E-state index contributed by atoms with van der Waals surface area (Å²) in [7, 11) is 2.34. The van der Waals surface area contributed by atoms with E-state index in [0.717, 1.165) is 25.7 Å². The summed E-state index contributed by atoms with van der Waals surface area (Å²) in [5, 5.41) is 0. The topological polar surface area (TPSA) is 28.6 Å². The zero-order chi connectivity index (χ0) is 16.4. The van der Waals surface area contributed by atoms with E-state index in [9.17, 15) is 0 Å². The van der Waals surface area contributed by atoms with Crippen LogP contribution >= 0.6 is 0 Å². The van der Waals surface area contributed by atoms with Crippen LogP contribution in [-0.4, -0.2) is 59.7 Å². The van der Waals surface area contributed by atoms with E-state index in [0.29, 0.717) is 11.6 Å². The number of hydrogen-bond acceptors (Lipinski definition) is 4. The van der Waals surface area contributed by atoms with Crippen LogP contribution in [-0.2, 0) is 11.3 Å². The molecule has 4 heteroatoms. The lowest BCUT2D eigenvalue weighted by atomic mass is 9.85. The average Bonchev–Trinajstić information content (AvgIpc) is 3.39. The van der Waals surface area contributed by atoms with Crippen molar-refractivity contribution in [3.05, 3.63) is 30.1 Å². The van der Waals surface area contributed by atoms with Gasteiger partial charge in [0, 0.05) is 50.2 Å². The lowest BCUT2D eigenvalue weighted by Crippen LogP contribution is -2.52. The minimum atomic E-state index is 0.430. The van der Waals surface area contributed by atoms with Gasteiger partial charge in [0.05, 0.1) is 6.61 Å². The van der Waals surface area contributed by atoms with Crippen molar-refractivity contribution in [3.63, 3.8) is 0 Å². The molecule has 4 rings (SSSR count). The van der Waals surface area contributed by atoms with E-state index in [-0.39, 0.29) is 0 Å². The summed E-state index contributed by atoms with van der Waals surface area (Å²) in [5.41, 5.74) is 1.76. The van der Waals surface area contributed by atoms with E-state index < -0.39 is 0 Å². The quantitative estimate of drug-likeness (QED) is 0.802. The molecule has 24 heavy (non-hydrogen) atoms. The maximum atomic E-state index is 5.99. The number of aromatic nitrogens is 1. The minimum Gasteiger partial charge on any atom is -0.380 e. The summed E-state index contributed by atoms with van der Waals surface area (Å²) >= 11 is 0. The molecule has 0 radical (unpaired) electrons. The summed E-state index contributed by atoms with van der Waals surface area (Å²) in [4.78, 5) is 9.50. The molecule has 1 saturated carbocycles. The van der Waals surface area contributed by atoms with Crippen LogP contribution < -0.4 is 0 Å². The Balaban J connectivity index is 1.26. The van der Waals surface area contributed by atoms with Gasteiger partial charge in [0.25, 0.3) is 0 Å². The molecule has 1 atom stereocenters. The second kappa shape index (κ2) is 7.11. The first-order valence-corrected chi connectivity index (χ1v) is 9.67. The number of nitrogens with zero attached hydrogens (tertiary/aromatic N) is 3. The molecule has 3 heterocycles. The molecule has 3 fully saturated rings. The first-order chi connectivity index (χ1) is 11.8. The van der Waals surface area contributed by atoms with Crippen LogP contribution in [0.15, 0.2) is 24.5 Å². The van der Waals surface area contributed by atoms with E-state index in [2.05, 4.69) is 27.9 Å². The summed E-state index contributed by atoms with van der Waals surface area (Å²) < 4.78 is 5.99. The Morgan fingerprint density at radius 1 is 1.17 bits per heavy atom. The van der Waals surface area contributed by atoms with Gasteiger partial charge in [-0.3, -0.25) is 14.8 Å². The number of hydrogen-bond donors (Lipinski definition) is 0. The first-order valence-electron chi connectivity index (χ1n) is 9.67. The maximum absolute atomic E-state index is 5.99. The largest absolute Gasteiger partial charge is 0.380 e. The molecule has 0 bridgehead atoms. The van der Waals surface area contributed by atoms with Gasteiger partial charge in [0.15, 0.2) is 0 Å². The lowest BCUT2D eigenvalue weighted by Gasteiger charge is -2.45. The van der Waals surface area contributed by atoms with Gasteiger partial charge < -0.3 is 4.74 Å². The lowest BCUT2D eigenvalue weighted by molar-refractivity contribution is 0.0161. The van der Waals surface area contributed by atoms with Gasteiger partial charge >= 0.3 is 0 Å². The Bertz CT molecular complexity index is 523. The molecule has 2 saturated heterocycles. The number of pyridine rings is 1. The second-order valence-corrected chi connectivity index (χ2v) is 8.15. The van der Waals surface area contributed by atoms with Crippen molar-refractivity contribution >= 4 is 0 Å². The van der Waals surface area contributed by atoms with Crippen LogP contribution in [0.5, 0.6) is 0 Å². The Morgan fingerprint density at radius 2 is 2.00 bits per heavy atom. The van der Waals surface area contributed by atoms with Crippen molar-refractivity contribution in [2.45, 2.75) is 56.7 Å². The highest BCUT2D eigenvalue weighted by Gasteiger charge is 2.45. The molecule has 1 unspecified atom stereocenters. The van der Waals surface area contributed by atoms with E-state index in [1.807, 2.05) is 18.5 Å².